The molecule has 18 heavy (non-hydrogen) atoms. The predicted molar refractivity (Wildman–Crippen MR) is 77.7 cm³/mol. The van der Waals surface area contributed by atoms with E-state index in [-0.39, 0.29) is 0 Å². The van der Waals surface area contributed by atoms with Crippen LogP contribution in [0.3, 0.4) is 0 Å². The van der Waals surface area contributed by atoms with Crippen LogP contribution in [0, 0.1) is 12.3 Å². The zero-order valence-electron chi connectivity index (χ0n) is 10.6. The van der Waals surface area contributed by atoms with Gasteiger partial charge in [0.1, 0.15) is 5.75 Å². The Kier molecular flexibility index (Phi) is 4.68. The van der Waals surface area contributed by atoms with Crippen LogP contribution in [-0.2, 0) is 13.0 Å². The van der Waals surface area contributed by atoms with Gasteiger partial charge in [0.2, 0.25) is 0 Å². The maximum atomic E-state index is 5.71. The van der Waals surface area contributed by atoms with Crippen LogP contribution in [0.15, 0.2) is 16.6 Å². The van der Waals surface area contributed by atoms with Crippen molar-refractivity contribution in [3.63, 3.8) is 0 Å². The van der Waals surface area contributed by atoms with E-state index in [0.717, 1.165) is 42.6 Å². The molecule has 1 unspecified atom stereocenters. The van der Waals surface area contributed by atoms with E-state index in [1.807, 2.05) is 0 Å². The summed E-state index contributed by atoms with van der Waals surface area (Å²) in [6, 6.07) is 4.65. The number of rotatable bonds is 5. The third-order valence-electron chi connectivity index (χ3n) is 3.26. The fourth-order valence-electron chi connectivity index (χ4n) is 2.23. The molecule has 0 radical (unpaired) electrons. The number of terminal acetylenes is 1. The molecule has 1 aliphatic rings. The van der Waals surface area contributed by atoms with Crippen LogP contribution in [0.4, 0.5) is 0 Å². The van der Waals surface area contributed by atoms with E-state index in [0.29, 0.717) is 6.04 Å². The van der Waals surface area contributed by atoms with Crippen molar-refractivity contribution >= 4 is 15.9 Å². The number of hydrogen-bond donors (Lipinski definition) is 1. The SMILES string of the molecule is C#CCC(CC)NCc1cc(Br)cc2c1OCC2. The minimum atomic E-state index is 0.381. The van der Waals surface area contributed by atoms with Gasteiger partial charge in [-0.05, 0) is 24.1 Å². The second kappa shape index (κ2) is 6.26. The highest BCUT2D eigenvalue weighted by atomic mass is 79.9. The molecule has 1 N–H and O–H groups in total. The van der Waals surface area contributed by atoms with Gasteiger partial charge < -0.3 is 10.1 Å². The Hall–Kier alpha value is -0.980. The molecule has 0 saturated heterocycles. The van der Waals surface area contributed by atoms with Gasteiger partial charge in [-0.1, -0.05) is 22.9 Å². The minimum absolute atomic E-state index is 0.381. The molecule has 2 rings (SSSR count). The molecule has 0 aliphatic carbocycles. The summed E-state index contributed by atoms with van der Waals surface area (Å²) in [6.07, 6.45) is 8.18. The third-order valence-corrected chi connectivity index (χ3v) is 3.72. The van der Waals surface area contributed by atoms with E-state index in [1.54, 1.807) is 0 Å². The first-order valence-corrected chi connectivity index (χ1v) is 7.14. The molecule has 1 aliphatic heterocycles. The first kappa shape index (κ1) is 13.5. The second-order valence-electron chi connectivity index (χ2n) is 4.55. The van der Waals surface area contributed by atoms with Crippen molar-refractivity contribution in [3.05, 3.63) is 27.7 Å². The highest BCUT2D eigenvalue weighted by Gasteiger charge is 2.17. The molecule has 1 aromatic carbocycles. The zero-order valence-corrected chi connectivity index (χ0v) is 12.2. The van der Waals surface area contributed by atoms with Gasteiger partial charge in [-0.15, -0.1) is 12.3 Å². The van der Waals surface area contributed by atoms with Crippen LogP contribution in [0.2, 0.25) is 0 Å². The van der Waals surface area contributed by atoms with Crippen molar-refractivity contribution in [2.45, 2.75) is 38.8 Å². The quantitative estimate of drug-likeness (QED) is 0.843. The van der Waals surface area contributed by atoms with Gasteiger partial charge in [-0.3, -0.25) is 0 Å². The number of halogens is 1. The molecule has 3 heteroatoms. The molecule has 1 atom stereocenters. The smallest absolute Gasteiger partial charge is 0.127 e. The lowest BCUT2D eigenvalue weighted by atomic mass is 10.1. The van der Waals surface area contributed by atoms with Gasteiger partial charge in [0.15, 0.2) is 0 Å². The molecule has 0 aromatic heterocycles. The normalized spacial score (nSPS) is 14.7. The summed E-state index contributed by atoms with van der Waals surface area (Å²) in [7, 11) is 0. The Bertz CT molecular complexity index is 464. The van der Waals surface area contributed by atoms with Gasteiger partial charge in [0.25, 0.3) is 0 Å². The number of benzene rings is 1. The molecule has 0 spiro atoms. The monoisotopic (exact) mass is 307 g/mol. The van der Waals surface area contributed by atoms with E-state index in [1.165, 1.54) is 11.1 Å². The standard InChI is InChI=1S/C15H18BrNO/c1-3-5-14(4-2)17-10-12-9-13(16)8-11-6-7-18-15(11)12/h1,8-9,14,17H,4-7,10H2,2H3. The molecule has 0 amide bonds. The van der Waals surface area contributed by atoms with Crippen LogP contribution < -0.4 is 10.1 Å². The highest BCUT2D eigenvalue weighted by Crippen LogP contribution is 2.32. The Labute approximate surface area is 117 Å². The van der Waals surface area contributed by atoms with Crippen molar-refractivity contribution in [2.75, 3.05) is 6.61 Å². The Balaban J connectivity index is 2.08. The highest BCUT2D eigenvalue weighted by molar-refractivity contribution is 9.10. The van der Waals surface area contributed by atoms with Gasteiger partial charge in [0.05, 0.1) is 6.61 Å². The van der Waals surface area contributed by atoms with Crippen LogP contribution in [0.25, 0.3) is 0 Å². The fourth-order valence-corrected chi connectivity index (χ4v) is 2.79. The first-order chi connectivity index (χ1) is 8.74. The topological polar surface area (TPSA) is 21.3 Å². The summed E-state index contributed by atoms with van der Waals surface area (Å²) >= 11 is 3.55. The van der Waals surface area contributed by atoms with Crippen LogP contribution in [0.1, 0.15) is 30.9 Å². The molecule has 1 heterocycles. The molecular weight excluding hydrogens is 290 g/mol. The number of nitrogens with one attached hydrogen (secondary N) is 1. The Morgan fingerprint density at radius 2 is 2.39 bits per heavy atom. The summed E-state index contributed by atoms with van der Waals surface area (Å²) in [6.45, 7) is 3.75. The van der Waals surface area contributed by atoms with Crippen LogP contribution in [0.5, 0.6) is 5.75 Å². The lowest BCUT2D eigenvalue weighted by molar-refractivity contribution is 0.351. The summed E-state index contributed by atoms with van der Waals surface area (Å²) < 4.78 is 6.83. The molecule has 0 fully saturated rings. The van der Waals surface area contributed by atoms with Crippen LogP contribution in [-0.4, -0.2) is 12.6 Å². The largest absolute Gasteiger partial charge is 0.493 e. The van der Waals surface area contributed by atoms with Gasteiger partial charge >= 0.3 is 0 Å². The maximum Gasteiger partial charge on any atom is 0.127 e. The molecule has 1 aromatic rings. The zero-order chi connectivity index (χ0) is 13.0. The van der Waals surface area contributed by atoms with E-state index < -0.39 is 0 Å². The molecule has 96 valence electrons. The maximum absolute atomic E-state index is 5.71. The number of hydrogen-bond acceptors (Lipinski definition) is 2. The number of fused-ring (bicyclic) bond motifs is 1. The Morgan fingerprint density at radius 1 is 1.56 bits per heavy atom. The molecule has 0 saturated carbocycles. The van der Waals surface area contributed by atoms with E-state index in [9.17, 15) is 0 Å². The average Bonchev–Trinajstić information content (AvgIpc) is 2.82. The second-order valence-corrected chi connectivity index (χ2v) is 5.46. The van der Waals surface area contributed by atoms with E-state index in [4.69, 9.17) is 11.2 Å². The lowest BCUT2D eigenvalue weighted by Gasteiger charge is -2.16. The molecule has 0 bridgehead atoms. The van der Waals surface area contributed by atoms with Gasteiger partial charge in [-0.25, -0.2) is 0 Å². The van der Waals surface area contributed by atoms with Gasteiger partial charge in [0, 0.05) is 35.5 Å². The Morgan fingerprint density at radius 3 is 3.11 bits per heavy atom. The summed E-state index contributed by atoms with van der Waals surface area (Å²) in [5.74, 6) is 3.77. The average molecular weight is 308 g/mol. The fraction of sp³-hybridized carbons (Fsp3) is 0.467. The van der Waals surface area contributed by atoms with Crippen molar-refractivity contribution in [3.8, 4) is 18.1 Å². The molecular formula is C15H18BrNO. The summed E-state index contributed by atoms with van der Waals surface area (Å²) in [5, 5.41) is 3.50. The summed E-state index contributed by atoms with van der Waals surface area (Å²) in [5.41, 5.74) is 2.51. The third kappa shape index (κ3) is 3.07. The van der Waals surface area contributed by atoms with Crippen molar-refractivity contribution in [1.82, 2.24) is 5.32 Å². The van der Waals surface area contributed by atoms with Crippen molar-refractivity contribution in [2.24, 2.45) is 0 Å². The summed E-state index contributed by atoms with van der Waals surface area (Å²) in [4.78, 5) is 0. The van der Waals surface area contributed by atoms with E-state index >= 15 is 0 Å². The van der Waals surface area contributed by atoms with E-state index in [2.05, 4.69) is 46.2 Å². The van der Waals surface area contributed by atoms with Crippen LogP contribution >= 0.6 is 15.9 Å². The van der Waals surface area contributed by atoms with Crippen molar-refractivity contribution in [1.29, 1.82) is 0 Å². The predicted octanol–water partition coefficient (Wildman–Crippen LogP) is 3.28. The first-order valence-electron chi connectivity index (χ1n) is 6.35. The minimum Gasteiger partial charge on any atom is -0.493 e. The van der Waals surface area contributed by atoms with Crippen molar-refractivity contribution < 1.29 is 4.74 Å². The molecule has 2 nitrogen and oxygen atoms in total. The lowest BCUT2D eigenvalue weighted by Crippen LogP contribution is -2.27. The van der Waals surface area contributed by atoms with Gasteiger partial charge in [-0.2, -0.15) is 0 Å². The number of ether oxygens (including phenoxy) is 1.